The van der Waals surface area contributed by atoms with Crippen molar-refractivity contribution in [3.05, 3.63) is 29.8 Å². The fraction of sp³-hybridized carbons (Fsp3) is 0.500. The van der Waals surface area contributed by atoms with Crippen LogP contribution in [0.4, 0.5) is 0 Å². The molecule has 0 aliphatic heterocycles. The average Bonchev–Trinajstić information content (AvgIpc) is 2.38. The molecule has 0 fully saturated rings. The van der Waals surface area contributed by atoms with Gasteiger partial charge in [-0.05, 0) is 25.0 Å². The van der Waals surface area contributed by atoms with Gasteiger partial charge in [0, 0.05) is 24.8 Å². The number of benzene rings is 1. The smallest absolute Gasteiger partial charge is 0.223 e. The number of halogens is 1. The molecule has 0 N–H and O–H groups in total. The number of para-hydroxylation sites is 1. The fourth-order valence-corrected chi connectivity index (χ4v) is 2.17. The maximum atomic E-state index is 11.8. The highest BCUT2D eigenvalue weighted by atomic mass is 79.9. The Balaban J connectivity index is 2.69. The SMILES string of the molecule is COc1ccccc1CC(C)N(C)C(=O)CCBr. The van der Waals surface area contributed by atoms with E-state index in [9.17, 15) is 4.79 Å². The van der Waals surface area contributed by atoms with Gasteiger partial charge in [-0.3, -0.25) is 4.79 Å². The summed E-state index contributed by atoms with van der Waals surface area (Å²) in [4.78, 5) is 13.6. The summed E-state index contributed by atoms with van der Waals surface area (Å²) in [5.41, 5.74) is 1.13. The van der Waals surface area contributed by atoms with Gasteiger partial charge in [-0.2, -0.15) is 0 Å². The highest BCUT2D eigenvalue weighted by Crippen LogP contribution is 2.20. The molecule has 0 heterocycles. The Labute approximate surface area is 117 Å². The van der Waals surface area contributed by atoms with Crippen molar-refractivity contribution in [1.82, 2.24) is 4.90 Å². The van der Waals surface area contributed by atoms with Crippen LogP contribution in [0.3, 0.4) is 0 Å². The van der Waals surface area contributed by atoms with Gasteiger partial charge in [0.1, 0.15) is 5.75 Å². The van der Waals surface area contributed by atoms with Gasteiger partial charge < -0.3 is 9.64 Å². The Morgan fingerprint density at radius 3 is 2.72 bits per heavy atom. The molecule has 1 aromatic rings. The number of hydrogen-bond acceptors (Lipinski definition) is 2. The standard InChI is InChI=1S/C14H20BrNO2/c1-11(16(2)14(17)8-9-15)10-12-6-4-5-7-13(12)18-3/h4-7,11H,8-10H2,1-3H3. The largest absolute Gasteiger partial charge is 0.496 e. The van der Waals surface area contributed by atoms with Crippen LogP contribution in [0.15, 0.2) is 24.3 Å². The molecule has 0 saturated heterocycles. The van der Waals surface area contributed by atoms with E-state index in [1.807, 2.05) is 31.3 Å². The third kappa shape index (κ3) is 4.02. The second kappa shape index (κ2) is 7.41. The van der Waals surface area contributed by atoms with E-state index in [2.05, 4.69) is 22.9 Å². The molecule has 1 amide bonds. The van der Waals surface area contributed by atoms with Crippen LogP contribution in [0.1, 0.15) is 18.9 Å². The van der Waals surface area contributed by atoms with Crippen molar-refractivity contribution in [2.75, 3.05) is 19.5 Å². The van der Waals surface area contributed by atoms with Crippen LogP contribution in [0.25, 0.3) is 0 Å². The van der Waals surface area contributed by atoms with Crippen molar-refractivity contribution in [3.63, 3.8) is 0 Å². The Morgan fingerprint density at radius 2 is 2.11 bits per heavy atom. The lowest BCUT2D eigenvalue weighted by Crippen LogP contribution is -2.36. The van der Waals surface area contributed by atoms with Gasteiger partial charge in [0.05, 0.1) is 7.11 Å². The van der Waals surface area contributed by atoms with Crippen LogP contribution in [0.2, 0.25) is 0 Å². The molecule has 4 heteroatoms. The molecule has 100 valence electrons. The first-order valence-electron chi connectivity index (χ1n) is 6.03. The third-order valence-corrected chi connectivity index (χ3v) is 3.47. The molecule has 1 unspecified atom stereocenters. The second-order valence-corrected chi connectivity index (χ2v) is 5.10. The minimum atomic E-state index is 0.160. The van der Waals surface area contributed by atoms with Gasteiger partial charge in [-0.25, -0.2) is 0 Å². The summed E-state index contributed by atoms with van der Waals surface area (Å²) < 4.78 is 5.32. The van der Waals surface area contributed by atoms with Crippen LogP contribution in [-0.4, -0.2) is 36.3 Å². The zero-order valence-corrected chi connectivity index (χ0v) is 12.7. The number of amides is 1. The number of alkyl halides is 1. The quantitative estimate of drug-likeness (QED) is 0.756. The molecular formula is C14H20BrNO2. The van der Waals surface area contributed by atoms with Gasteiger partial charge in [0.25, 0.3) is 0 Å². The Morgan fingerprint density at radius 1 is 1.44 bits per heavy atom. The molecule has 1 atom stereocenters. The first kappa shape index (κ1) is 15.0. The predicted octanol–water partition coefficient (Wildman–Crippen LogP) is 2.87. The highest BCUT2D eigenvalue weighted by Gasteiger charge is 2.16. The molecule has 1 rings (SSSR count). The van der Waals surface area contributed by atoms with E-state index in [1.54, 1.807) is 12.0 Å². The van der Waals surface area contributed by atoms with Gasteiger partial charge in [-0.1, -0.05) is 34.1 Å². The average molecular weight is 314 g/mol. The summed E-state index contributed by atoms with van der Waals surface area (Å²) >= 11 is 3.29. The molecule has 0 saturated carbocycles. The maximum absolute atomic E-state index is 11.8. The van der Waals surface area contributed by atoms with Gasteiger partial charge in [0.2, 0.25) is 5.91 Å². The number of nitrogens with zero attached hydrogens (tertiary/aromatic N) is 1. The topological polar surface area (TPSA) is 29.5 Å². The van der Waals surface area contributed by atoms with Crippen molar-refractivity contribution in [3.8, 4) is 5.75 Å². The van der Waals surface area contributed by atoms with Crippen LogP contribution in [-0.2, 0) is 11.2 Å². The van der Waals surface area contributed by atoms with E-state index >= 15 is 0 Å². The number of methoxy groups -OCH3 is 1. The summed E-state index contributed by atoms with van der Waals surface area (Å²) in [7, 11) is 3.52. The van der Waals surface area contributed by atoms with Gasteiger partial charge in [-0.15, -0.1) is 0 Å². The molecule has 3 nitrogen and oxygen atoms in total. The van der Waals surface area contributed by atoms with E-state index in [-0.39, 0.29) is 11.9 Å². The number of rotatable bonds is 6. The Bertz CT molecular complexity index is 395. The molecule has 18 heavy (non-hydrogen) atoms. The van der Waals surface area contributed by atoms with Crippen LogP contribution in [0.5, 0.6) is 5.75 Å². The summed E-state index contributed by atoms with van der Waals surface area (Å²) in [6.07, 6.45) is 1.33. The Hall–Kier alpha value is -1.03. The van der Waals surface area contributed by atoms with Crippen LogP contribution >= 0.6 is 15.9 Å². The number of ether oxygens (including phenoxy) is 1. The highest BCUT2D eigenvalue weighted by molar-refractivity contribution is 9.09. The summed E-state index contributed by atoms with van der Waals surface area (Å²) in [5, 5.41) is 0.706. The molecule has 0 aromatic heterocycles. The molecule has 0 aliphatic rings. The first-order chi connectivity index (χ1) is 8.60. The lowest BCUT2D eigenvalue weighted by molar-refractivity contribution is -0.131. The van der Waals surface area contributed by atoms with E-state index in [4.69, 9.17) is 4.74 Å². The van der Waals surface area contributed by atoms with E-state index in [0.29, 0.717) is 11.8 Å². The molecule has 0 bridgehead atoms. The van der Waals surface area contributed by atoms with Gasteiger partial charge >= 0.3 is 0 Å². The van der Waals surface area contributed by atoms with Crippen molar-refractivity contribution < 1.29 is 9.53 Å². The normalized spacial score (nSPS) is 12.0. The monoisotopic (exact) mass is 313 g/mol. The number of carbonyl (C=O) groups is 1. The second-order valence-electron chi connectivity index (χ2n) is 4.31. The number of carbonyl (C=O) groups excluding carboxylic acids is 1. The maximum Gasteiger partial charge on any atom is 0.223 e. The van der Waals surface area contributed by atoms with Crippen molar-refractivity contribution >= 4 is 21.8 Å². The third-order valence-electron chi connectivity index (χ3n) is 3.07. The van der Waals surface area contributed by atoms with E-state index < -0.39 is 0 Å². The molecular weight excluding hydrogens is 294 g/mol. The minimum absolute atomic E-state index is 0.160. The minimum Gasteiger partial charge on any atom is -0.496 e. The van der Waals surface area contributed by atoms with Crippen molar-refractivity contribution in [2.45, 2.75) is 25.8 Å². The zero-order chi connectivity index (χ0) is 13.5. The first-order valence-corrected chi connectivity index (χ1v) is 7.15. The van der Waals surface area contributed by atoms with E-state index in [0.717, 1.165) is 17.7 Å². The Kier molecular flexibility index (Phi) is 6.19. The summed E-state index contributed by atoms with van der Waals surface area (Å²) in [6.45, 7) is 2.05. The number of likely N-dealkylation sites (N-methyl/N-ethyl adjacent to an activating group) is 1. The van der Waals surface area contributed by atoms with Crippen LogP contribution in [0, 0.1) is 0 Å². The zero-order valence-electron chi connectivity index (χ0n) is 11.1. The summed E-state index contributed by atoms with van der Waals surface area (Å²) in [5.74, 6) is 1.04. The number of hydrogen-bond donors (Lipinski definition) is 0. The lowest BCUT2D eigenvalue weighted by atomic mass is 10.0. The van der Waals surface area contributed by atoms with Gasteiger partial charge in [0.15, 0.2) is 0 Å². The molecule has 0 radical (unpaired) electrons. The summed E-state index contributed by atoms with van der Waals surface area (Å²) in [6, 6.07) is 8.09. The van der Waals surface area contributed by atoms with Crippen molar-refractivity contribution in [1.29, 1.82) is 0 Å². The molecule has 0 spiro atoms. The predicted molar refractivity (Wildman–Crippen MR) is 77.3 cm³/mol. The fourth-order valence-electron chi connectivity index (χ4n) is 1.83. The van der Waals surface area contributed by atoms with E-state index in [1.165, 1.54) is 0 Å². The van der Waals surface area contributed by atoms with Crippen molar-refractivity contribution in [2.24, 2.45) is 0 Å². The molecule has 0 aliphatic carbocycles. The molecule has 1 aromatic carbocycles. The van der Waals surface area contributed by atoms with Crippen LogP contribution < -0.4 is 4.74 Å². The lowest BCUT2D eigenvalue weighted by Gasteiger charge is -2.25.